The second-order valence-electron chi connectivity index (χ2n) is 6.78. The molecule has 4 nitrogen and oxygen atoms in total. The number of benzene rings is 2. The van der Waals surface area contributed by atoms with Gasteiger partial charge in [-0.1, -0.05) is 35.9 Å². The first-order valence-corrected chi connectivity index (χ1v) is 8.91. The van der Waals surface area contributed by atoms with Crippen LogP contribution in [-0.4, -0.2) is 29.8 Å². The Kier molecular flexibility index (Phi) is 5.66. The second kappa shape index (κ2) is 8.13. The molecular weight excluding hydrogens is 331 g/mol. The molecular formula is C21H23FN2O2. The highest BCUT2D eigenvalue weighted by atomic mass is 19.1. The van der Waals surface area contributed by atoms with Crippen LogP contribution in [0.2, 0.25) is 0 Å². The average molecular weight is 354 g/mol. The van der Waals surface area contributed by atoms with Gasteiger partial charge in [-0.3, -0.25) is 9.59 Å². The van der Waals surface area contributed by atoms with E-state index < -0.39 is 5.82 Å². The van der Waals surface area contributed by atoms with Gasteiger partial charge in [0.15, 0.2) is 0 Å². The molecule has 1 aliphatic heterocycles. The largest absolute Gasteiger partial charge is 0.352 e. The van der Waals surface area contributed by atoms with Crippen LogP contribution in [0.1, 0.15) is 34.3 Å². The number of hydrogen-bond acceptors (Lipinski definition) is 2. The van der Waals surface area contributed by atoms with E-state index in [1.807, 2.05) is 31.2 Å². The molecule has 0 radical (unpaired) electrons. The molecule has 2 amide bonds. The van der Waals surface area contributed by atoms with E-state index >= 15 is 0 Å². The summed E-state index contributed by atoms with van der Waals surface area (Å²) in [5.74, 6) is -0.648. The summed E-state index contributed by atoms with van der Waals surface area (Å²) in [5.41, 5.74) is 2.62. The van der Waals surface area contributed by atoms with E-state index in [1.165, 1.54) is 23.8 Å². The molecule has 2 aromatic carbocycles. The fourth-order valence-electron chi connectivity index (χ4n) is 3.19. The molecule has 1 N–H and O–H groups in total. The third kappa shape index (κ3) is 4.48. The minimum absolute atomic E-state index is 0.0310. The van der Waals surface area contributed by atoms with Crippen LogP contribution in [0.25, 0.3) is 0 Å². The summed E-state index contributed by atoms with van der Waals surface area (Å²) in [6, 6.07) is 13.8. The monoisotopic (exact) mass is 354 g/mol. The molecule has 3 rings (SSSR count). The summed E-state index contributed by atoms with van der Waals surface area (Å²) in [5, 5.41) is 2.98. The first kappa shape index (κ1) is 18.1. The predicted octanol–water partition coefficient (Wildman–Crippen LogP) is 3.30. The summed E-state index contributed by atoms with van der Waals surface area (Å²) in [4.78, 5) is 26.5. The van der Waals surface area contributed by atoms with E-state index in [0.717, 1.165) is 5.56 Å². The molecule has 0 saturated carbocycles. The highest BCUT2D eigenvalue weighted by molar-refractivity contribution is 5.94. The number of aryl methyl sites for hydroxylation is 1. The Morgan fingerprint density at radius 3 is 2.46 bits per heavy atom. The molecule has 1 saturated heterocycles. The Bertz CT molecular complexity index is 781. The van der Waals surface area contributed by atoms with Gasteiger partial charge in [0, 0.05) is 31.1 Å². The molecule has 2 aromatic rings. The quantitative estimate of drug-likeness (QED) is 0.916. The van der Waals surface area contributed by atoms with Crippen LogP contribution >= 0.6 is 0 Å². The zero-order valence-electron chi connectivity index (χ0n) is 14.9. The van der Waals surface area contributed by atoms with Gasteiger partial charge in [0.2, 0.25) is 5.91 Å². The topological polar surface area (TPSA) is 49.4 Å². The second-order valence-corrected chi connectivity index (χ2v) is 6.78. The van der Waals surface area contributed by atoms with Gasteiger partial charge < -0.3 is 10.2 Å². The van der Waals surface area contributed by atoms with Crippen molar-refractivity contribution < 1.29 is 14.0 Å². The Labute approximate surface area is 153 Å². The zero-order valence-corrected chi connectivity index (χ0v) is 14.9. The number of carbonyl (C=O) groups is 2. The average Bonchev–Trinajstić information content (AvgIpc) is 2.67. The molecule has 0 bridgehead atoms. The fourth-order valence-corrected chi connectivity index (χ4v) is 3.19. The first-order valence-electron chi connectivity index (χ1n) is 8.91. The van der Waals surface area contributed by atoms with E-state index in [0.29, 0.717) is 38.0 Å². The van der Waals surface area contributed by atoms with Crippen molar-refractivity contribution >= 4 is 11.8 Å². The Hall–Kier alpha value is -2.69. The molecule has 0 atom stereocenters. The maximum Gasteiger partial charge on any atom is 0.253 e. The van der Waals surface area contributed by atoms with Crippen LogP contribution in [-0.2, 0) is 11.3 Å². The van der Waals surface area contributed by atoms with Crippen molar-refractivity contribution in [3.8, 4) is 0 Å². The lowest BCUT2D eigenvalue weighted by atomic mass is 9.95. The lowest BCUT2D eigenvalue weighted by Crippen LogP contribution is -2.42. The zero-order chi connectivity index (χ0) is 18.5. The lowest BCUT2D eigenvalue weighted by molar-refractivity contribution is -0.126. The summed E-state index contributed by atoms with van der Waals surface area (Å²) in [7, 11) is 0. The first-order chi connectivity index (χ1) is 12.5. The van der Waals surface area contributed by atoms with Crippen molar-refractivity contribution in [3.05, 3.63) is 71.0 Å². The highest BCUT2D eigenvalue weighted by Crippen LogP contribution is 2.20. The number of nitrogens with one attached hydrogen (secondary N) is 1. The van der Waals surface area contributed by atoms with E-state index in [2.05, 4.69) is 5.32 Å². The third-order valence-corrected chi connectivity index (χ3v) is 4.81. The van der Waals surface area contributed by atoms with Gasteiger partial charge in [0.1, 0.15) is 5.82 Å². The van der Waals surface area contributed by atoms with Gasteiger partial charge in [-0.05, 0) is 43.5 Å². The van der Waals surface area contributed by atoms with Gasteiger partial charge in [-0.15, -0.1) is 0 Å². The van der Waals surface area contributed by atoms with Crippen LogP contribution in [0.15, 0.2) is 48.5 Å². The molecule has 0 aliphatic carbocycles. The van der Waals surface area contributed by atoms with Crippen LogP contribution in [0, 0.1) is 18.7 Å². The minimum atomic E-state index is -0.416. The third-order valence-electron chi connectivity index (χ3n) is 4.81. The van der Waals surface area contributed by atoms with E-state index in [-0.39, 0.29) is 17.7 Å². The number of rotatable bonds is 4. The molecule has 5 heteroatoms. The smallest absolute Gasteiger partial charge is 0.253 e. The number of likely N-dealkylation sites (tertiary alicyclic amines) is 1. The summed E-state index contributed by atoms with van der Waals surface area (Å²) < 4.78 is 13.3. The van der Waals surface area contributed by atoms with Crippen molar-refractivity contribution in [2.24, 2.45) is 5.92 Å². The number of hydrogen-bond donors (Lipinski definition) is 1. The van der Waals surface area contributed by atoms with E-state index in [4.69, 9.17) is 0 Å². The van der Waals surface area contributed by atoms with Crippen LogP contribution in [0.4, 0.5) is 4.39 Å². The number of amides is 2. The Balaban J connectivity index is 1.49. The number of piperidine rings is 1. The Morgan fingerprint density at radius 2 is 1.81 bits per heavy atom. The van der Waals surface area contributed by atoms with Crippen molar-refractivity contribution in [1.29, 1.82) is 0 Å². The van der Waals surface area contributed by atoms with Gasteiger partial charge in [0.05, 0.1) is 0 Å². The van der Waals surface area contributed by atoms with Crippen LogP contribution in [0.5, 0.6) is 0 Å². The SMILES string of the molecule is Cc1ccc(CNC(=O)C2CCN(C(=O)c3cccc(F)c3)CC2)cc1. The molecule has 0 aromatic heterocycles. The number of nitrogens with zero attached hydrogens (tertiary/aromatic N) is 1. The standard InChI is InChI=1S/C21H23FN2O2/c1-15-5-7-16(8-6-15)14-23-20(25)17-9-11-24(12-10-17)21(26)18-3-2-4-19(22)13-18/h2-8,13,17H,9-12,14H2,1H3,(H,23,25). The summed E-state index contributed by atoms with van der Waals surface area (Å²) in [6.07, 6.45) is 1.25. The Morgan fingerprint density at radius 1 is 1.12 bits per heavy atom. The van der Waals surface area contributed by atoms with Gasteiger partial charge in [-0.25, -0.2) is 4.39 Å². The molecule has 1 aliphatic rings. The van der Waals surface area contributed by atoms with Crippen molar-refractivity contribution in [3.63, 3.8) is 0 Å². The molecule has 0 unspecified atom stereocenters. The molecule has 1 fully saturated rings. The summed E-state index contributed by atoms with van der Waals surface area (Å²) >= 11 is 0. The van der Waals surface area contributed by atoms with Crippen LogP contribution < -0.4 is 5.32 Å². The van der Waals surface area contributed by atoms with Crippen molar-refractivity contribution in [2.75, 3.05) is 13.1 Å². The lowest BCUT2D eigenvalue weighted by Gasteiger charge is -2.31. The highest BCUT2D eigenvalue weighted by Gasteiger charge is 2.27. The van der Waals surface area contributed by atoms with Gasteiger partial charge in [-0.2, -0.15) is 0 Å². The summed E-state index contributed by atoms with van der Waals surface area (Å²) in [6.45, 7) is 3.57. The molecule has 1 heterocycles. The minimum Gasteiger partial charge on any atom is -0.352 e. The predicted molar refractivity (Wildman–Crippen MR) is 98.1 cm³/mol. The normalized spacial score (nSPS) is 14.9. The van der Waals surface area contributed by atoms with Gasteiger partial charge in [0.25, 0.3) is 5.91 Å². The molecule has 26 heavy (non-hydrogen) atoms. The maximum atomic E-state index is 13.3. The fraction of sp³-hybridized carbons (Fsp3) is 0.333. The number of halogens is 1. The van der Waals surface area contributed by atoms with Gasteiger partial charge >= 0.3 is 0 Å². The van der Waals surface area contributed by atoms with Crippen molar-refractivity contribution in [1.82, 2.24) is 10.2 Å². The van der Waals surface area contributed by atoms with Crippen molar-refractivity contribution in [2.45, 2.75) is 26.3 Å². The maximum absolute atomic E-state index is 13.3. The van der Waals surface area contributed by atoms with E-state index in [9.17, 15) is 14.0 Å². The molecule has 136 valence electrons. The van der Waals surface area contributed by atoms with E-state index in [1.54, 1.807) is 11.0 Å². The number of carbonyl (C=O) groups excluding carboxylic acids is 2. The van der Waals surface area contributed by atoms with Crippen LogP contribution in [0.3, 0.4) is 0 Å². The molecule has 0 spiro atoms.